The zero-order valence-corrected chi connectivity index (χ0v) is 12.3. The molecule has 104 valence electrons. The third-order valence-corrected chi connectivity index (χ3v) is 3.45. The van der Waals surface area contributed by atoms with Crippen molar-refractivity contribution in [1.82, 2.24) is 0 Å². The summed E-state index contributed by atoms with van der Waals surface area (Å²) in [7, 11) is 0. The Morgan fingerprint density at radius 1 is 1.42 bits per heavy atom. The molecule has 1 aromatic carbocycles. The third-order valence-electron chi connectivity index (χ3n) is 2.66. The molecule has 0 aliphatic rings. The number of thioether (sulfide) groups is 1. The first-order valence-electron chi connectivity index (χ1n) is 6.14. The Bertz CT molecular complexity index is 472. The van der Waals surface area contributed by atoms with Crippen LogP contribution < -0.4 is 0 Å². The molecule has 0 spiro atoms. The van der Waals surface area contributed by atoms with Gasteiger partial charge < -0.3 is 9.94 Å². The summed E-state index contributed by atoms with van der Waals surface area (Å²) in [6, 6.07) is 5.96. The van der Waals surface area contributed by atoms with Crippen molar-refractivity contribution in [1.29, 1.82) is 0 Å². The minimum Gasteiger partial charge on any atom is -0.466 e. The lowest BCUT2D eigenvalue weighted by atomic mass is 10.0. The van der Waals surface area contributed by atoms with Gasteiger partial charge in [-0.25, -0.2) is 0 Å². The number of hydrogen-bond acceptors (Lipinski definition) is 5. The molecule has 4 nitrogen and oxygen atoms in total. The van der Waals surface area contributed by atoms with E-state index in [4.69, 9.17) is 9.94 Å². The van der Waals surface area contributed by atoms with Crippen molar-refractivity contribution in [3.8, 4) is 0 Å². The summed E-state index contributed by atoms with van der Waals surface area (Å²) in [5, 5.41) is 12.5. The van der Waals surface area contributed by atoms with Crippen LogP contribution >= 0.6 is 11.8 Å². The van der Waals surface area contributed by atoms with E-state index in [0.29, 0.717) is 18.7 Å². The number of rotatable bonds is 6. The Kier molecular flexibility index (Phi) is 6.42. The highest BCUT2D eigenvalue weighted by Crippen LogP contribution is 2.23. The van der Waals surface area contributed by atoms with Gasteiger partial charge in [-0.05, 0) is 32.2 Å². The van der Waals surface area contributed by atoms with Crippen molar-refractivity contribution in [2.24, 2.45) is 5.16 Å². The molecule has 0 saturated heterocycles. The fourth-order valence-corrected chi connectivity index (χ4v) is 2.34. The van der Waals surface area contributed by atoms with Crippen LogP contribution in [0.4, 0.5) is 0 Å². The summed E-state index contributed by atoms with van der Waals surface area (Å²) in [4.78, 5) is 12.4. The summed E-state index contributed by atoms with van der Waals surface area (Å²) in [6.07, 6.45) is 2.55. The first kappa shape index (κ1) is 15.6. The summed E-state index contributed by atoms with van der Waals surface area (Å²) >= 11 is 1.58. The maximum atomic E-state index is 11.4. The second-order valence-electron chi connectivity index (χ2n) is 4.06. The van der Waals surface area contributed by atoms with Crippen LogP contribution in [-0.2, 0) is 9.53 Å². The van der Waals surface area contributed by atoms with Crippen molar-refractivity contribution in [3.63, 3.8) is 0 Å². The predicted molar refractivity (Wildman–Crippen MR) is 77.2 cm³/mol. The molecule has 1 aromatic rings. The average molecular weight is 281 g/mol. The van der Waals surface area contributed by atoms with Crippen LogP contribution in [-0.4, -0.2) is 29.8 Å². The Labute approximate surface area is 117 Å². The quantitative estimate of drug-likeness (QED) is 0.286. The Morgan fingerprint density at radius 3 is 2.74 bits per heavy atom. The molecule has 0 aliphatic carbocycles. The fourth-order valence-electron chi connectivity index (χ4n) is 1.74. The molecule has 0 atom stereocenters. The van der Waals surface area contributed by atoms with Crippen LogP contribution in [0.3, 0.4) is 0 Å². The SMILES string of the molecule is CCOC(=O)CC/C(=N\O)c1cc(C)ccc1SC. The number of benzene rings is 1. The summed E-state index contributed by atoms with van der Waals surface area (Å²) in [5.41, 5.74) is 2.48. The smallest absolute Gasteiger partial charge is 0.306 e. The third kappa shape index (κ3) is 4.59. The van der Waals surface area contributed by atoms with Crippen LogP contribution in [0, 0.1) is 6.92 Å². The molecule has 0 bridgehead atoms. The lowest BCUT2D eigenvalue weighted by Gasteiger charge is -2.10. The molecule has 1 rings (SSSR count). The van der Waals surface area contributed by atoms with Crippen LogP contribution in [0.15, 0.2) is 28.3 Å². The van der Waals surface area contributed by atoms with Crippen molar-refractivity contribution in [2.75, 3.05) is 12.9 Å². The highest BCUT2D eigenvalue weighted by Gasteiger charge is 2.12. The summed E-state index contributed by atoms with van der Waals surface area (Å²) in [5.74, 6) is -0.276. The maximum Gasteiger partial charge on any atom is 0.306 e. The Hall–Kier alpha value is -1.49. The summed E-state index contributed by atoms with van der Waals surface area (Å²) < 4.78 is 4.87. The van der Waals surface area contributed by atoms with E-state index in [1.165, 1.54) is 0 Å². The van der Waals surface area contributed by atoms with Gasteiger partial charge in [0.15, 0.2) is 0 Å². The van der Waals surface area contributed by atoms with E-state index in [9.17, 15) is 4.79 Å². The largest absolute Gasteiger partial charge is 0.466 e. The molecule has 0 unspecified atom stereocenters. The minimum atomic E-state index is -0.276. The van der Waals surface area contributed by atoms with Crippen molar-refractivity contribution >= 4 is 23.4 Å². The molecule has 5 heteroatoms. The van der Waals surface area contributed by atoms with E-state index in [-0.39, 0.29) is 12.4 Å². The van der Waals surface area contributed by atoms with Gasteiger partial charge in [0.05, 0.1) is 18.7 Å². The molecular weight excluding hydrogens is 262 g/mol. The fraction of sp³-hybridized carbons (Fsp3) is 0.429. The Balaban J connectivity index is 2.86. The number of nitrogens with zero attached hydrogens (tertiary/aromatic N) is 1. The Morgan fingerprint density at radius 2 is 2.16 bits per heavy atom. The molecule has 19 heavy (non-hydrogen) atoms. The molecule has 0 heterocycles. The van der Waals surface area contributed by atoms with E-state index in [1.54, 1.807) is 18.7 Å². The molecule has 0 aliphatic heterocycles. The zero-order valence-electron chi connectivity index (χ0n) is 11.5. The first-order valence-corrected chi connectivity index (χ1v) is 7.36. The monoisotopic (exact) mass is 281 g/mol. The van der Waals surface area contributed by atoms with Gasteiger partial charge in [0.1, 0.15) is 0 Å². The maximum absolute atomic E-state index is 11.4. The number of oxime groups is 1. The van der Waals surface area contributed by atoms with Gasteiger partial charge in [0.25, 0.3) is 0 Å². The van der Waals surface area contributed by atoms with Crippen LogP contribution in [0.5, 0.6) is 0 Å². The standard InChI is InChI=1S/C14H19NO3S/c1-4-18-14(16)8-6-12(15-17)11-9-10(2)5-7-13(11)19-3/h5,7,9,17H,4,6,8H2,1-3H3/b15-12+. The van der Waals surface area contributed by atoms with E-state index < -0.39 is 0 Å². The first-order chi connectivity index (χ1) is 9.12. The highest BCUT2D eigenvalue weighted by molar-refractivity contribution is 7.98. The van der Waals surface area contributed by atoms with Crippen molar-refractivity contribution in [3.05, 3.63) is 29.3 Å². The average Bonchev–Trinajstić information content (AvgIpc) is 2.40. The van der Waals surface area contributed by atoms with Crippen LogP contribution in [0.2, 0.25) is 0 Å². The van der Waals surface area contributed by atoms with E-state index >= 15 is 0 Å². The van der Waals surface area contributed by atoms with Crippen LogP contribution in [0.25, 0.3) is 0 Å². The number of hydrogen-bond donors (Lipinski definition) is 1. The summed E-state index contributed by atoms with van der Waals surface area (Å²) in [6.45, 7) is 4.12. The van der Waals surface area contributed by atoms with Gasteiger partial charge >= 0.3 is 5.97 Å². The molecule has 0 fully saturated rings. The lowest BCUT2D eigenvalue weighted by Crippen LogP contribution is -2.10. The molecule has 1 N–H and O–H groups in total. The van der Waals surface area contributed by atoms with E-state index in [0.717, 1.165) is 16.0 Å². The second kappa shape index (κ2) is 7.84. The predicted octanol–water partition coefficient (Wildman–Crippen LogP) is 3.24. The van der Waals surface area contributed by atoms with Crippen molar-refractivity contribution in [2.45, 2.75) is 31.6 Å². The zero-order chi connectivity index (χ0) is 14.3. The molecule has 0 amide bonds. The van der Waals surface area contributed by atoms with E-state index in [2.05, 4.69) is 5.16 Å². The normalized spacial score (nSPS) is 11.4. The van der Waals surface area contributed by atoms with Gasteiger partial charge in [0.2, 0.25) is 0 Å². The van der Waals surface area contributed by atoms with E-state index in [1.807, 2.05) is 31.4 Å². The number of esters is 1. The number of carbonyl (C=O) groups excluding carboxylic acids is 1. The van der Waals surface area contributed by atoms with Gasteiger partial charge in [-0.3, -0.25) is 4.79 Å². The van der Waals surface area contributed by atoms with Crippen molar-refractivity contribution < 1.29 is 14.7 Å². The lowest BCUT2D eigenvalue weighted by molar-refractivity contribution is -0.142. The topological polar surface area (TPSA) is 58.9 Å². The number of carbonyl (C=O) groups is 1. The minimum absolute atomic E-state index is 0.217. The number of ether oxygens (including phenoxy) is 1. The number of aryl methyl sites for hydroxylation is 1. The second-order valence-corrected chi connectivity index (χ2v) is 4.90. The molecule has 0 saturated carbocycles. The molecular formula is C14H19NO3S. The van der Waals surface area contributed by atoms with Crippen LogP contribution in [0.1, 0.15) is 30.9 Å². The van der Waals surface area contributed by atoms with Gasteiger partial charge in [-0.2, -0.15) is 0 Å². The van der Waals surface area contributed by atoms with Gasteiger partial charge in [-0.1, -0.05) is 16.8 Å². The molecule has 0 radical (unpaired) electrons. The van der Waals surface area contributed by atoms with Gasteiger partial charge in [-0.15, -0.1) is 11.8 Å². The van der Waals surface area contributed by atoms with Gasteiger partial charge in [0, 0.05) is 16.9 Å². The molecule has 0 aromatic heterocycles. The highest BCUT2D eigenvalue weighted by atomic mass is 32.2.